The molecule has 0 bridgehead atoms. The van der Waals surface area contributed by atoms with Crippen molar-refractivity contribution in [2.45, 2.75) is 44.3 Å². The van der Waals surface area contributed by atoms with Crippen LogP contribution in [0.4, 0.5) is 5.69 Å². The predicted octanol–water partition coefficient (Wildman–Crippen LogP) is -0.455. The summed E-state index contributed by atoms with van der Waals surface area (Å²) in [6.45, 7) is 1.80. The number of carbonyl (C=O) groups excluding carboxylic acids is 4. The van der Waals surface area contributed by atoms with Gasteiger partial charge < -0.3 is 35.9 Å². The maximum absolute atomic E-state index is 12.9. The van der Waals surface area contributed by atoms with Gasteiger partial charge in [-0.25, -0.2) is 0 Å². The molecule has 0 radical (unpaired) electrons. The van der Waals surface area contributed by atoms with Crippen molar-refractivity contribution < 1.29 is 33.8 Å². The number of rotatable bonds is 9. The van der Waals surface area contributed by atoms with Crippen molar-refractivity contribution in [3.05, 3.63) is 23.8 Å². The van der Waals surface area contributed by atoms with Gasteiger partial charge in [-0.3, -0.25) is 19.2 Å². The van der Waals surface area contributed by atoms with Gasteiger partial charge >= 0.3 is 5.97 Å². The zero-order chi connectivity index (χ0) is 23.1. The van der Waals surface area contributed by atoms with Crippen LogP contribution in [-0.2, 0) is 19.2 Å². The quantitative estimate of drug-likeness (QED) is 0.299. The number of carboxylic acid groups (broad SMARTS) is 1. The highest BCUT2D eigenvalue weighted by atomic mass is 16.5. The molecule has 5 N–H and O–H groups in total. The van der Waals surface area contributed by atoms with E-state index in [2.05, 4.69) is 10.6 Å². The van der Waals surface area contributed by atoms with Crippen LogP contribution in [0, 0.1) is 0 Å². The molecule has 1 fully saturated rings. The van der Waals surface area contributed by atoms with Crippen LogP contribution >= 0.6 is 0 Å². The average Bonchev–Trinajstić information content (AvgIpc) is 3.22. The van der Waals surface area contributed by atoms with Crippen LogP contribution in [0.25, 0.3) is 0 Å². The lowest BCUT2D eigenvalue weighted by molar-refractivity contribution is -0.141. The Balaban J connectivity index is 2.03. The first-order valence-corrected chi connectivity index (χ1v) is 9.70. The van der Waals surface area contributed by atoms with E-state index in [1.165, 1.54) is 37.1 Å². The number of methoxy groups -OCH3 is 1. The normalized spacial score (nSPS) is 17.4. The van der Waals surface area contributed by atoms with Crippen molar-refractivity contribution in [2.75, 3.05) is 19.4 Å². The smallest absolute Gasteiger partial charge is 0.305 e. The largest absolute Gasteiger partial charge is 0.495 e. The second kappa shape index (κ2) is 10.4. The molecule has 1 aliphatic heterocycles. The molecular weight excluding hydrogens is 408 g/mol. The van der Waals surface area contributed by atoms with Crippen molar-refractivity contribution in [3.8, 4) is 5.75 Å². The fourth-order valence-corrected chi connectivity index (χ4v) is 3.35. The minimum absolute atomic E-state index is 0.254. The summed E-state index contributed by atoms with van der Waals surface area (Å²) in [5.74, 6) is -2.48. The highest BCUT2D eigenvalue weighted by molar-refractivity contribution is 5.99. The molecule has 0 spiro atoms. The van der Waals surface area contributed by atoms with Gasteiger partial charge in [-0.05, 0) is 38.0 Å². The van der Waals surface area contributed by atoms with Crippen LogP contribution in [-0.4, -0.2) is 71.8 Å². The molecule has 11 heteroatoms. The first kappa shape index (κ1) is 23.6. The molecule has 2 unspecified atom stereocenters. The first-order chi connectivity index (χ1) is 14.7. The van der Waals surface area contributed by atoms with Gasteiger partial charge in [0.05, 0.1) is 25.3 Å². The van der Waals surface area contributed by atoms with E-state index in [1.54, 1.807) is 0 Å². The van der Waals surface area contributed by atoms with Gasteiger partial charge in [0.2, 0.25) is 11.8 Å². The summed E-state index contributed by atoms with van der Waals surface area (Å²) in [4.78, 5) is 61.0. The van der Waals surface area contributed by atoms with Crippen LogP contribution in [0.1, 0.15) is 36.5 Å². The number of anilines is 1. The van der Waals surface area contributed by atoms with Crippen molar-refractivity contribution >= 4 is 35.7 Å². The van der Waals surface area contributed by atoms with Crippen LogP contribution in [0.3, 0.4) is 0 Å². The zero-order valence-electron chi connectivity index (χ0n) is 17.3. The Labute approximate surface area is 178 Å². The van der Waals surface area contributed by atoms with E-state index >= 15 is 0 Å². The fraction of sp³-hybridized carbons (Fsp3) is 0.450. The molecule has 0 aliphatic carbocycles. The second-order valence-electron chi connectivity index (χ2n) is 7.19. The maximum Gasteiger partial charge on any atom is 0.305 e. The number of carboxylic acids is 1. The van der Waals surface area contributed by atoms with Crippen molar-refractivity contribution in [3.63, 3.8) is 0 Å². The molecule has 3 atom stereocenters. The number of carbonyl (C=O) groups is 5. The number of benzene rings is 1. The predicted molar refractivity (Wildman–Crippen MR) is 109 cm³/mol. The summed E-state index contributed by atoms with van der Waals surface area (Å²) >= 11 is 0. The standard InChI is InChI=1S/C20H26N4O7/c1-11(22-18(28)12-5-6-14(21)16(8-12)31-2)20(30)24-7-3-4-15(24)19(29)23-13(10-25)9-17(26)27/h5-6,8,10-11,13,15H,3-4,7,9,21H2,1-2H3,(H,22,28)(H,23,29)(H,26,27)/t11?,13?,15-/m0/s1. The zero-order valence-corrected chi connectivity index (χ0v) is 17.3. The minimum Gasteiger partial charge on any atom is -0.495 e. The third-order valence-electron chi connectivity index (χ3n) is 4.94. The van der Waals surface area contributed by atoms with Crippen molar-refractivity contribution in [2.24, 2.45) is 0 Å². The summed E-state index contributed by atoms with van der Waals surface area (Å²) in [5, 5.41) is 13.7. The van der Waals surface area contributed by atoms with Crippen LogP contribution in [0.5, 0.6) is 5.75 Å². The molecule has 3 amide bonds. The van der Waals surface area contributed by atoms with Gasteiger partial charge in [0, 0.05) is 12.1 Å². The molecule has 168 valence electrons. The van der Waals surface area contributed by atoms with Gasteiger partial charge in [-0.1, -0.05) is 0 Å². The first-order valence-electron chi connectivity index (χ1n) is 9.70. The van der Waals surface area contributed by atoms with E-state index < -0.39 is 48.2 Å². The van der Waals surface area contributed by atoms with E-state index in [0.717, 1.165) is 0 Å². The van der Waals surface area contributed by atoms with Crippen molar-refractivity contribution in [1.82, 2.24) is 15.5 Å². The number of aldehydes is 1. The summed E-state index contributed by atoms with van der Waals surface area (Å²) in [5.41, 5.74) is 6.36. The van der Waals surface area contributed by atoms with Crippen LogP contribution in [0.2, 0.25) is 0 Å². The molecule has 0 aromatic heterocycles. The fourth-order valence-electron chi connectivity index (χ4n) is 3.35. The number of nitrogens with zero attached hydrogens (tertiary/aromatic N) is 1. The lowest BCUT2D eigenvalue weighted by Gasteiger charge is -2.27. The van der Waals surface area contributed by atoms with E-state index in [1.807, 2.05) is 0 Å². The minimum atomic E-state index is -1.23. The third-order valence-corrected chi connectivity index (χ3v) is 4.94. The van der Waals surface area contributed by atoms with E-state index in [-0.39, 0.29) is 5.56 Å². The summed E-state index contributed by atoms with van der Waals surface area (Å²) in [6, 6.07) is 1.51. The van der Waals surface area contributed by atoms with Gasteiger partial charge in [-0.2, -0.15) is 0 Å². The third kappa shape index (κ3) is 5.93. The number of hydrogen-bond acceptors (Lipinski definition) is 7. The lowest BCUT2D eigenvalue weighted by atomic mass is 10.1. The molecule has 1 aromatic rings. The molecule has 1 heterocycles. The molecule has 1 saturated heterocycles. The number of hydrogen-bond donors (Lipinski definition) is 4. The van der Waals surface area contributed by atoms with Crippen LogP contribution in [0.15, 0.2) is 18.2 Å². The van der Waals surface area contributed by atoms with Gasteiger partial charge in [0.15, 0.2) is 0 Å². The number of ether oxygens (including phenoxy) is 1. The monoisotopic (exact) mass is 434 g/mol. The highest BCUT2D eigenvalue weighted by Crippen LogP contribution is 2.22. The van der Waals surface area contributed by atoms with Crippen molar-refractivity contribution in [1.29, 1.82) is 0 Å². The Morgan fingerprint density at radius 3 is 2.65 bits per heavy atom. The number of nitrogen functional groups attached to an aromatic ring is 1. The Morgan fingerprint density at radius 2 is 2.03 bits per heavy atom. The van der Waals surface area contributed by atoms with E-state index in [4.69, 9.17) is 15.6 Å². The maximum atomic E-state index is 12.9. The molecule has 1 aromatic carbocycles. The number of aliphatic carboxylic acids is 1. The molecule has 2 rings (SSSR count). The lowest BCUT2D eigenvalue weighted by Crippen LogP contribution is -2.54. The van der Waals surface area contributed by atoms with Gasteiger partial charge in [0.1, 0.15) is 24.1 Å². The molecular formula is C20H26N4O7. The molecule has 11 nitrogen and oxygen atoms in total. The highest BCUT2D eigenvalue weighted by Gasteiger charge is 2.37. The molecule has 0 saturated carbocycles. The number of nitrogens with one attached hydrogen (secondary N) is 2. The Morgan fingerprint density at radius 1 is 1.32 bits per heavy atom. The topological polar surface area (TPSA) is 168 Å². The number of nitrogens with two attached hydrogens (primary N) is 1. The molecule has 31 heavy (non-hydrogen) atoms. The van der Waals surface area contributed by atoms with E-state index in [0.29, 0.717) is 37.1 Å². The van der Waals surface area contributed by atoms with E-state index in [9.17, 15) is 24.0 Å². The number of amides is 3. The Hall–Kier alpha value is -3.63. The summed E-state index contributed by atoms with van der Waals surface area (Å²) in [6.07, 6.45) is 0.723. The van der Waals surface area contributed by atoms with Gasteiger partial charge in [-0.15, -0.1) is 0 Å². The Kier molecular flexibility index (Phi) is 7.94. The second-order valence-corrected chi connectivity index (χ2v) is 7.19. The number of likely N-dealkylation sites (tertiary alicyclic amines) is 1. The van der Waals surface area contributed by atoms with Gasteiger partial charge in [0.25, 0.3) is 5.91 Å². The summed E-state index contributed by atoms with van der Waals surface area (Å²) in [7, 11) is 1.42. The summed E-state index contributed by atoms with van der Waals surface area (Å²) < 4.78 is 5.09. The Bertz CT molecular complexity index is 873. The average molecular weight is 434 g/mol. The van der Waals surface area contributed by atoms with Crippen LogP contribution < -0.4 is 21.1 Å². The SMILES string of the molecule is COc1cc(C(=O)NC(C)C(=O)N2CCC[C@H]2C(=O)NC(C=O)CC(=O)O)ccc1N. The molecule has 1 aliphatic rings.